The van der Waals surface area contributed by atoms with Gasteiger partial charge in [-0.3, -0.25) is 9.59 Å². The zero-order valence-corrected chi connectivity index (χ0v) is 16.5. The number of benzene rings is 1. The van der Waals surface area contributed by atoms with Gasteiger partial charge in [0.05, 0.1) is 4.90 Å². The molecular formula is C20H25N3O4S. The number of piperidine rings is 1. The van der Waals surface area contributed by atoms with Crippen LogP contribution in [0.5, 0.6) is 0 Å². The lowest BCUT2D eigenvalue weighted by molar-refractivity contribution is -0.121. The van der Waals surface area contributed by atoms with Crippen molar-refractivity contribution in [2.24, 2.45) is 0 Å². The molecule has 7 nitrogen and oxygen atoms in total. The summed E-state index contributed by atoms with van der Waals surface area (Å²) in [5.74, 6) is -0.235. The highest BCUT2D eigenvalue weighted by Crippen LogP contribution is 2.23. The van der Waals surface area contributed by atoms with E-state index in [4.69, 9.17) is 0 Å². The first kappa shape index (κ1) is 20.3. The van der Waals surface area contributed by atoms with Gasteiger partial charge in [-0.25, -0.2) is 8.42 Å². The van der Waals surface area contributed by atoms with E-state index in [1.165, 1.54) is 14.9 Å². The molecule has 2 heterocycles. The maximum absolute atomic E-state index is 13.0. The van der Waals surface area contributed by atoms with E-state index < -0.39 is 10.0 Å². The van der Waals surface area contributed by atoms with E-state index >= 15 is 0 Å². The Labute approximate surface area is 165 Å². The first-order valence-corrected chi connectivity index (χ1v) is 10.9. The molecule has 0 spiro atoms. The number of aryl methyl sites for hydroxylation is 1. The Balaban J connectivity index is 1.64. The number of nitrogens with one attached hydrogen (secondary N) is 1. The van der Waals surface area contributed by atoms with Gasteiger partial charge in [0.1, 0.15) is 0 Å². The number of amides is 1. The number of aromatic nitrogens is 1. The number of nitrogens with zero attached hydrogens (tertiary/aromatic N) is 2. The molecular weight excluding hydrogens is 378 g/mol. The zero-order valence-electron chi connectivity index (χ0n) is 15.7. The summed E-state index contributed by atoms with van der Waals surface area (Å²) in [5.41, 5.74) is 0.409. The molecule has 1 amide bonds. The fourth-order valence-electron chi connectivity index (χ4n) is 3.30. The maximum Gasteiger partial charge on any atom is 0.250 e. The molecule has 0 bridgehead atoms. The van der Waals surface area contributed by atoms with E-state index in [0.29, 0.717) is 18.7 Å². The highest BCUT2D eigenvalue weighted by atomic mass is 32.2. The van der Waals surface area contributed by atoms with Crippen LogP contribution in [0.3, 0.4) is 0 Å². The molecule has 1 fully saturated rings. The summed E-state index contributed by atoms with van der Waals surface area (Å²) in [6, 6.07) is 11.6. The van der Waals surface area contributed by atoms with E-state index in [0.717, 1.165) is 19.3 Å². The van der Waals surface area contributed by atoms with Crippen LogP contribution in [0.15, 0.2) is 58.4 Å². The molecule has 1 aromatic heterocycles. The molecule has 2 aromatic rings. The van der Waals surface area contributed by atoms with Crippen molar-refractivity contribution in [2.45, 2.75) is 43.7 Å². The van der Waals surface area contributed by atoms with Crippen molar-refractivity contribution in [1.82, 2.24) is 14.2 Å². The van der Waals surface area contributed by atoms with Gasteiger partial charge in [-0.15, -0.1) is 0 Å². The molecule has 1 aromatic carbocycles. The number of hydrogen-bond donors (Lipinski definition) is 1. The summed E-state index contributed by atoms with van der Waals surface area (Å²) in [6.07, 6.45) is 4.57. The van der Waals surface area contributed by atoms with E-state index in [2.05, 4.69) is 5.32 Å². The van der Waals surface area contributed by atoms with Crippen LogP contribution >= 0.6 is 0 Å². The molecule has 0 saturated carbocycles. The second-order valence-corrected chi connectivity index (χ2v) is 8.74. The normalized spacial score (nSPS) is 15.3. The summed E-state index contributed by atoms with van der Waals surface area (Å²) in [6.45, 7) is 1.48. The predicted octanol–water partition coefficient (Wildman–Crippen LogP) is 1.73. The van der Waals surface area contributed by atoms with Crippen LogP contribution in [0, 0.1) is 0 Å². The molecule has 0 radical (unpaired) electrons. The monoisotopic (exact) mass is 403 g/mol. The first-order chi connectivity index (χ1) is 13.5. The van der Waals surface area contributed by atoms with Crippen LogP contribution in [-0.2, 0) is 27.9 Å². The number of pyridine rings is 1. The SMILES string of the molecule is O=C(CCn1ccccc1=O)NCc1ccccc1S(=O)(=O)N1CCCCC1. The van der Waals surface area contributed by atoms with Gasteiger partial charge >= 0.3 is 0 Å². The first-order valence-electron chi connectivity index (χ1n) is 9.49. The average molecular weight is 404 g/mol. The van der Waals surface area contributed by atoms with Gasteiger partial charge in [-0.05, 0) is 30.5 Å². The molecule has 0 aliphatic carbocycles. The van der Waals surface area contributed by atoms with Crippen molar-refractivity contribution in [3.63, 3.8) is 0 Å². The third kappa shape index (κ3) is 4.88. The number of sulfonamides is 1. The topological polar surface area (TPSA) is 88.5 Å². The van der Waals surface area contributed by atoms with Crippen molar-refractivity contribution < 1.29 is 13.2 Å². The highest BCUT2D eigenvalue weighted by Gasteiger charge is 2.27. The molecule has 1 aliphatic rings. The zero-order chi connectivity index (χ0) is 20.0. The van der Waals surface area contributed by atoms with Crippen molar-refractivity contribution in [3.05, 3.63) is 64.6 Å². The lowest BCUT2D eigenvalue weighted by Crippen LogP contribution is -2.36. The van der Waals surface area contributed by atoms with Gasteiger partial charge in [0.25, 0.3) is 5.56 Å². The summed E-state index contributed by atoms with van der Waals surface area (Å²) in [7, 11) is -3.56. The molecule has 1 N–H and O–H groups in total. The summed E-state index contributed by atoms with van der Waals surface area (Å²) < 4.78 is 28.9. The minimum atomic E-state index is -3.56. The molecule has 3 rings (SSSR count). The number of carbonyl (C=O) groups excluding carboxylic acids is 1. The third-order valence-corrected chi connectivity index (χ3v) is 6.86. The minimum absolute atomic E-state index is 0.131. The second kappa shape index (κ2) is 9.16. The van der Waals surface area contributed by atoms with E-state index in [-0.39, 0.29) is 35.9 Å². The van der Waals surface area contributed by atoms with Crippen molar-refractivity contribution in [2.75, 3.05) is 13.1 Å². The van der Waals surface area contributed by atoms with Gasteiger partial charge in [-0.1, -0.05) is 30.7 Å². The van der Waals surface area contributed by atoms with Crippen molar-refractivity contribution >= 4 is 15.9 Å². The Morgan fingerprint density at radius 2 is 1.71 bits per heavy atom. The largest absolute Gasteiger partial charge is 0.352 e. The summed E-state index contributed by atoms with van der Waals surface area (Å²) in [5, 5.41) is 2.77. The van der Waals surface area contributed by atoms with Gasteiger partial charge in [-0.2, -0.15) is 4.31 Å². The van der Waals surface area contributed by atoms with Gasteiger partial charge < -0.3 is 9.88 Å². The Morgan fingerprint density at radius 3 is 2.46 bits per heavy atom. The second-order valence-electron chi connectivity index (χ2n) is 6.83. The number of rotatable bonds is 7. The molecule has 28 heavy (non-hydrogen) atoms. The van der Waals surface area contributed by atoms with Crippen molar-refractivity contribution in [1.29, 1.82) is 0 Å². The van der Waals surface area contributed by atoms with E-state index in [1.54, 1.807) is 42.6 Å². The van der Waals surface area contributed by atoms with Crippen LogP contribution in [-0.4, -0.2) is 36.3 Å². The van der Waals surface area contributed by atoms with Gasteiger partial charge in [0.15, 0.2) is 0 Å². The quantitative estimate of drug-likeness (QED) is 0.763. The lowest BCUT2D eigenvalue weighted by Gasteiger charge is -2.26. The minimum Gasteiger partial charge on any atom is -0.352 e. The summed E-state index contributed by atoms with van der Waals surface area (Å²) in [4.78, 5) is 24.1. The van der Waals surface area contributed by atoms with Crippen LogP contribution < -0.4 is 10.9 Å². The van der Waals surface area contributed by atoms with Crippen LogP contribution in [0.25, 0.3) is 0 Å². The number of hydrogen-bond acceptors (Lipinski definition) is 4. The van der Waals surface area contributed by atoms with Crippen molar-refractivity contribution in [3.8, 4) is 0 Å². The standard InChI is InChI=1S/C20H25N3O4S/c24-19(11-15-22-12-7-4-10-20(22)25)21-16-17-8-2-3-9-18(17)28(26,27)23-13-5-1-6-14-23/h2-4,7-10,12H,1,5-6,11,13-16H2,(H,21,24). The molecule has 1 aliphatic heterocycles. The smallest absolute Gasteiger partial charge is 0.250 e. The molecule has 0 unspecified atom stereocenters. The fraction of sp³-hybridized carbons (Fsp3) is 0.400. The fourth-order valence-corrected chi connectivity index (χ4v) is 5.03. The van der Waals surface area contributed by atoms with Gasteiger partial charge in [0, 0.05) is 44.9 Å². The molecule has 0 atom stereocenters. The highest BCUT2D eigenvalue weighted by molar-refractivity contribution is 7.89. The Bertz CT molecular complexity index is 979. The van der Waals surface area contributed by atoms with Crippen LogP contribution in [0.4, 0.5) is 0 Å². The average Bonchev–Trinajstić information content (AvgIpc) is 2.72. The Hall–Kier alpha value is -2.45. The number of carbonyl (C=O) groups is 1. The van der Waals surface area contributed by atoms with Gasteiger partial charge in [0.2, 0.25) is 15.9 Å². The molecule has 150 valence electrons. The van der Waals surface area contributed by atoms with Crippen LogP contribution in [0.2, 0.25) is 0 Å². The summed E-state index contributed by atoms with van der Waals surface area (Å²) >= 11 is 0. The lowest BCUT2D eigenvalue weighted by atomic mass is 10.2. The molecule has 8 heteroatoms. The van der Waals surface area contributed by atoms with E-state index in [9.17, 15) is 18.0 Å². The third-order valence-electron chi connectivity index (χ3n) is 4.86. The Morgan fingerprint density at radius 1 is 1.00 bits per heavy atom. The van der Waals surface area contributed by atoms with Crippen LogP contribution in [0.1, 0.15) is 31.2 Å². The molecule has 1 saturated heterocycles. The Kier molecular flexibility index (Phi) is 6.64. The van der Waals surface area contributed by atoms with E-state index in [1.807, 2.05) is 0 Å². The maximum atomic E-state index is 13.0. The predicted molar refractivity (Wildman–Crippen MR) is 106 cm³/mol.